The Labute approximate surface area is 78.9 Å². The molecule has 1 amide bonds. The highest BCUT2D eigenvalue weighted by Gasteiger charge is 2.37. The number of likely N-dealkylation sites (tertiary alicyclic amines) is 1. The van der Waals surface area contributed by atoms with Crippen molar-refractivity contribution >= 4 is 5.91 Å². The van der Waals surface area contributed by atoms with Crippen LogP contribution in [0.25, 0.3) is 0 Å². The monoisotopic (exact) mass is 186 g/mol. The Morgan fingerprint density at radius 2 is 2.15 bits per heavy atom. The van der Waals surface area contributed by atoms with Crippen LogP contribution in [0.3, 0.4) is 0 Å². The van der Waals surface area contributed by atoms with Gasteiger partial charge in [-0.1, -0.05) is 0 Å². The van der Waals surface area contributed by atoms with Gasteiger partial charge in [0.15, 0.2) is 0 Å². The molecule has 0 atom stereocenters. The van der Waals surface area contributed by atoms with Crippen LogP contribution >= 0.6 is 0 Å². The smallest absolute Gasteiger partial charge is 0.242 e. The third-order valence-electron chi connectivity index (χ3n) is 2.66. The van der Waals surface area contributed by atoms with Gasteiger partial charge >= 0.3 is 0 Å². The molecule has 13 heavy (non-hydrogen) atoms. The predicted molar refractivity (Wildman–Crippen MR) is 50.3 cm³/mol. The zero-order valence-electron chi connectivity index (χ0n) is 8.50. The number of carbonyl (C=O) groups is 1. The summed E-state index contributed by atoms with van der Waals surface area (Å²) in [6.45, 7) is 5.30. The van der Waals surface area contributed by atoms with Gasteiger partial charge in [0.2, 0.25) is 5.91 Å². The molecule has 0 aromatic carbocycles. The van der Waals surface area contributed by atoms with Crippen LogP contribution in [0.2, 0.25) is 0 Å². The first-order valence-corrected chi connectivity index (χ1v) is 4.60. The summed E-state index contributed by atoms with van der Waals surface area (Å²) in [5.74, 6) is 0.399. The maximum absolute atomic E-state index is 11.7. The van der Waals surface area contributed by atoms with E-state index in [1.807, 2.05) is 13.8 Å². The van der Waals surface area contributed by atoms with Crippen molar-refractivity contribution in [3.63, 3.8) is 0 Å². The zero-order valence-corrected chi connectivity index (χ0v) is 8.50. The van der Waals surface area contributed by atoms with Gasteiger partial charge in [-0.2, -0.15) is 0 Å². The van der Waals surface area contributed by atoms with Crippen LogP contribution in [-0.2, 0) is 4.79 Å². The van der Waals surface area contributed by atoms with E-state index in [4.69, 9.17) is 5.11 Å². The van der Waals surface area contributed by atoms with E-state index in [2.05, 4.69) is 5.32 Å². The molecule has 76 valence electrons. The summed E-state index contributed by atoms with van der Waals surface area (Å²) in [7, 11) is 1.78. The zero-order chi connectivity index (χ0) is 10.1. The molecule has 0 spiro atoms. The number of amides is 1. The maximum Gasteiger partial charge on any atom is 0.242 e. The van der Waals surface area contributed by atoms with Crippen molar-refractivity contribution in [3.05, 3.63) is 0 Å². The number of nitrogens with one attached hydrogen (secondary N) is 1. The van der Waals surface area contributed by atoms with Gasteiger partial charge in [-0.3, -0.25) is 4.79 Å². The lowest BCUT2D eigenvalue weighted by Crippen LogP contribution is -2.60. The third kappa shape index (κ3) is 2.00. The second-order valence-corrected chi connectivity index (χ2v) is 4.13. The molecule has 4 heteroatoms. The molecular formula is C9H18N2O2. The molecule has 0 bridgehead atoms. The first kappa shape index (κ1) is 10.5. The molecule has 4 nitrogen and oxygen atoms in total. The fraction of sp³-hybridized carbons (Fsp3) is 0.889. The van der Waals surface area contributed by atoms with Gasteiger partial charge in [-0.05, 0) is 20.9 Å². The molecule has 0 aliphatic carbocycles. The van der Waals surface area contributed by atoms with Gasteiger partial charge in [0.05, 0.1) is 5.54 Å². The van der Waals surface area contributed by atoms with Crippen LogP contribution in [0.4, 0.5) is 0 Å². The Bertz CT molecular complexity index is 198. The fourth-order valence-electron chi connectivity index (χ4n) is 1.35. The van der Waals surface area contributed by atoms with Crippen LogP contribution < -0.4 is 5.32 Å². The van der Waals surface area contributed by atoms with Crippen molar-refractivity contribution < 1.29 is 9.90 Å². The van der Waals surface area contributed by atoms with Crippen molar-refractivity contribution in [2.24, 2.45) is 5.92 Å². The number of hydrogen-bond donors (Lipinski definition) is 2. The molecule has 0 aromatic heterocycles. The molecule has 1 aliphatic rings. The van der Waals surface area contributed by atoms with Crippen molar-refractivity contribution in [2.75, 3.05) is 26.7 Å². The van der Waals surface area contributed by atoms with Crippen molar-refractivity contribution in [1.29, 1.82) is 0 Å². The molecule has 0 radical (unpaired) electrons. The average molecular weight is 186 g/mol. The fourth-order valence-corrected chi connectivity index (χ4v) is 1.35. The highest BCUT2D eigenvalue weighted by Crippen LogP contribution is 2.18. The Morgan fingerprint density at radius 3 is 2.54 bits per heavy atom. The standard InChI is InChI=1S/C9H18N2O2/c1-9(2,10-3)8(13)11-4-7(5-11)6-12/h7,10,12H,4-6H2,1-3H3. The summed E-state index contributed by atoms with van der Waals surface area (Å²) < 4.78 is 0. The van der Waals surface area contributed by atoms with Gasteiger partial charge in [0, 0.05) is 25.6 Å². The second-order valence-electron chi connectivity index (χ2n) is 4.13. The average Bonchev–Trinajstić information content (AvgIpc) is 2.02. The summed E-state index contributed by atoms with van der Waals surface area (Å²) >= 11 is 0. The van der Waals surface area contributed by atoms with Gasteiger partial charge < -0.3 is 15.3 Å². The minimum atomic E-state index is -0.486. The molecule has 1 fully saturated rings. The molecule has 1 saturated heterocycles. The molecule has 0 unspecified atom stereocenters. The highest BCUT2D eigenvalue weighted by molar-refractivity contribution is 5.86. The second kappa shape index (κ2) is 3.64. The number of carbonyl (C=O) groups excluding carboxylic acids is 1. The number of aliphatic hydroxyl groups excluding tert-OH is 1. The lowest BCUT2D eigenvalue weighted by Gasteiger charge is -2.42. The number of rotatable bonds is 3. The van der Waals surface area contributed by atoms with E-state index in [0.717, 1.165) is 0 Å². The van der Waals surface area contributed by atoms with E-state index in [0.29, 0.717) is 13.1 Å². The summed E-state index contributed by atoms with van der Waals surface area (Å²) in [4.78, 5) is 13.5. The van der Waals surface area contributed by atoms with Crippen LogP contribution in [0.5, 0.6) is 0 Å². The summed E-state index contributed by atoms with van der Waals surface area (Å²) in [6.07, 6.45) is 0. The van der Waals surface area contributed by atoms with Crippen molar-refractivity contribution in [1.82, 2.24) is 10.2 Å². The van der Waals surface area contributed by atoms with Crippen molar-refractivity contribution in [3.8, 4) is 0 Å². The summed E-state index contributed by atoms with van der Waals surface area (Å²) in [5.41, 5.74) is -0.486. The minimum Gasteiger partial charge on any atom is -0.396 e. The summed E-state index contributed by atoms with van der Waals surface area (Å²) in [6, 6.07) is 0. The summed E-state index contributed by atoms with van der Waals surface area (Å²) in [5, 5.41) is 11.8. The van der Waals surface area contributed by atoms with E-state index in [1.165, 1.54) is 0 Å². The first-order valence-electron chi connectivity index (χ1n) is 4.60. The largest absolute Gasteiger partial charge is 0.396 e. The predicted octanol–water partition coefficient (Wildman–Crippen LogP) is -0.565. The molecule has 0 aromatic rings. The van der Waals surface area contributed by atoms with Gasteiger partial charge in [0.1, 0.15) is 0 Å². The molecule has 0 saturated carbocycles. The van der Waals surface area contributed by atoms with E-state index in [9.17, 15) is 4.79 Å². The Balaban J connectivity index is 2.43. The minimum absolute atomic E-state index is 0.111. The number of hydrogen-bond acceptors (Lipinski definition) is 3. The highest BCUT2D eigenvalue weighted by atomic mass is 16.3. The van der Waals surface area contributed by atoms with E-state index >= 15 is 0 Å². The maximum atomic E-state index is 11.7. The SMILES string of the molecule is CNC(C)(C)C(=O)N1CC(CO)C1. The van der Waals surface area contributed by atoms with Gasteiger partial charge in [-0.15, -0.1) is 0 Å². The van der Waals surface area contributed by atoms with Crippen LogP contribution in [-0.4, -0.2) is 48.2 Å². The van der Waals surface area contributed by atoms with E-state index in [1.54, 1.807) is 11.9 Å². The molecule has 1 aliphatic heterocycles. The first-order chi connectivity index (χ1) is 6.01. The van der Waals surface area contributed by atoms with E-state index < -0.39 is 5.54 Å². The topological polar surface area (TPSA) is 52.6 Å². The van der Waals surface area contributed by atoms with Crippen LogP contribution in [0.15, 0.2) is 0 Å². The number of aliphatic hydroxyl groups is 1. The van der Waals surface area contributed by atoms with Crippen molar-refractivity contribution in [2.45, 2.75) is 19.4 Å². The Morgan fingerprint density at radius 1 is 1.62 bits per heavy atom. The van der Waals surface area contributed by atoms with Gasteiger partial charge in [-0.25, -0.2) is 0 Å². The molecular weight excluding hydrogens is 168 g/mol. The lowest BCUT2D eigenvalue weighted by atomic mass is 9.96. The molecule has 2 N–H and O–H groups in total. The number of nitrogens with zero attached hydrogens (tertiary/aromatic N) is 1. The Hall–Kier alpha value is -0.610. The lowest BCUT2D eigenvalue weighted by molar-refractivity contribution is -0.144. The Kier molecular flexibility index (Phi) is 2.93. The third-order valence-corrected chi connectivity index (χ3v) is 2.66. The van der Waals surface area contributed by atoms with E-state index in [-0.39, 0.29) is 18.4 Å². The van der Waals surface area contributed by atoms with Crippen LogP contribution in [0, 0.1) is 5.92 Å². The van der Waals surface area contributed by atoms with Gasteiger partial charge in [0.25, 0.3) is 0 Å². The molecule has 1 rings (SSSR count). The normalized spacial score (nSPS) is 18.6. The molecule has 1 heterocycles. The van der Waals surface area contributed by atoms with Crippen LogP contribution in [0.1, 0.15) is 13.8 Å². The number of likely N-dealkylation sites (N-methyl/N-ethyl adjacent to an activating group) is 1. The quantitative estimate of drug-likeness (QED) is 0.621.